The molecule has 0 aliphatic heterocycles. The summed E-state index contributed by atoms with van der Waals surface area (Å²) >= 11 is 2.94. The number of amides is 1. The summed E-state index contributed by atoms with van der Waals surface area (Å²) in [5, 5.41) is 18.8. The molecule has 1 amide bonds. The average Bonchev–Trinajstić information content (AvgIpc) is 3.21. The number of carbonyl (C=O) groups excluding carboxylic acids is 1. The fourth-order valence-corrected chi connectivity index (χ4v) is 3.55. The lowest BCUT2D eigenvalue weighted by Crippen LogP contribution is -2.05. The van der Waals surface area contributed by atoms with Crippen LogP contribution >= 0.6 is 23.1 Å². The van der Waals surface area contributed by atoms with Gasteiger partial charge < -0.3 is 15.2 Å². The highest BCUT2D eigenvalue weighted by atomic mass is 32.2. The summed E-state index contributed by atoms with van der Waals surface area (Å²) in [7, 11) is 0. The molecular weight excluding hydrogens is 360 g/mol. The number of aryl methyl sites for hydroxylation is 1. The monoisotopic (exact) mass is 376 g/mol. The lowest BCUT2D eigenvalue weighted by atomic mass is 10.3. The van der Waals surface area contributed by atoms with Crippen molar-refractivity contribution in [2.45, 2.75) is 30.4 Å². The van der Waals surface area contributed by atoms with E-state index in [0.717, 1.165) is 22.1 Å². The van der Waals surface area contributed by atoms with E-state index >= 15 is 0 Å². The average molecular weight is 376 g/mol. The number of aromatic nitrogens is 4. The van der Waals surface area contributed by atoms with Crippen LogP contribution in [0.3, 0.4) is 0 Å². The number of nitrogens with one attached hydrogen (secondary N) is 2. The normalized spacial score (nSPS) is 10.6. The minimum absolute atomic E-state index is 0.112. The second-order valence-corrected chi connectivity index (χ2v) is 7.21. The molecule has 0 bridgehead atoms. The van der Waals surface area contributed by atoms with Gasteiger partial charge in [0, 0.05) is 24.7 Å². The van der Waals surface area contributed by atoms with Gasteiger partial charge in [-0.05, 0) is 18.2 Å². The molecule has 8 nitrogen and oxygen atoms in total. The van der Waals surface area contributed by atoms with Crippen molar-refractivity contribution in [3.05, 3.63) is 36.0 Å². The van der Waals surface area contributed by atoms with Gasteiger partial charge in [0.2, 0.25) is 16.9 Å². The molecule has 0 spiro atoms. The number of anilines is 3. The standard InChI is InChI=1S/C15H16N6O2S2/c1-3-13-18-12(21-23-13)8-24-15-20-19-14(25-15)17-11-6-4-5-10(7-11)16-9(2)22/h4-7H,3,8H2,1-2H3,(H,16,22)(H,17,19). The van der Waals surface area contributed by atoms with Crippen LogP contribution in [-0.2, 0) is 17.0 Å². The molecular formula is C15H16N6O2S2. The van der Waals surface area contributed by atoms with Crippen LogP contribution in [0.25, 0.3) is 0 Å². The molecule has 0 aliphatic carbocycles. The SMILES string of the molecule is CCc1nc(CSc2nnc(Nc3cccc(NC(C)=O)c3)s2)no1. The third-order valence-electron chi connectivity index (χ3n) is 2.98. The molecule has 3 rings (SSSR count). The van der Waals surface area contributed by atoms with E-state index in [4.69, 9.17) is 4.52 Å². The maximum atomic E-state index is 11.1. The molecule has 0 saturated carbocycles. The Balaban J connectivity index is 1.58. The summed E-state index contributed by atoms with van der Waals surface area (Å²) in [4.78, 5) is 15.4. The van der Waals surface area contributed by atoms with Gasteiger partial charge in [0.25, 0.3) is 0 Å². The zero-order chi connectivity index (χ0) is 17.6. The molecule has 0 atom stereocenters. The van der Waals surface area contributed by atoms with Crippen molar-refractivity contribution in [3.63, 3.8) is 0 Å². The van der Waals surface area contributed by atoms with Crippen LogP contribution in [0.2, 0.25) is 0 Å². The Morgan fingerprint density at radius 1 is 1.32 bits per heavy atom. The zero-order valence-corrected chi connectivity index (χ0v) is 15.3. The van der Waals surface area contributed by atoms with Gasteiger partial charge in [0.15, 0.2) is 10.2 Å². The lowest BCUT2D eigenvalue weighted by Gasteiger charge is -2.05. The Labute approximate surface area is 152 Å². The van der Waals surface area contributed by atoms with E-state index in [1.54, 1.807) is 0 Å². The van der Waals surface area contributed by atoms with Crippen LogP contribution < -0.4 is 10.6 Å². The minimum atomic E-state index is -0.112. The smallest absolute Gasteiger partial charge is 0.226 e. The third-order valence-corrected chi connectivity index (χ3v) is 4.95. The third kappa shape index (κ3) is 5.00. The van der Waals surface area contributed by atoms with Crippen LogP contribution in [0.5, 0.6) is 0 Å². The van der Waals surface area contributed by atoms with E-state index < -0.39 is 0 Å². The molecule has 130 valence electrons. The van der Waals surface area contributed by atoms with Crippen molar-refractivity contribution in [3.8, 4) is 0 Å². The second kappa shape index (κ2) is 8.08. The van der Waals surface area contributed by atoms with Crippen LogP contribution in [0.1, 0.15) is 25.6 Å². The van der Waals surface area contributed by atoms with Crippen molar-refractivity contribution in [1.82, 2.24) is 20.3 Å². The summed E-state index contributed by atoms with van der Waals surface area (Å²) in [6, 6.07) is 7.40. The highest BCUT2D eigenvalue weighted by molar-refractivity contribution is 8.00. The molecule has 0 saturated heterocycles. The van der Waals surface area contributed by atoms with Crippen LogP contribution in [0.4, 0.5) is 16.5 Å². The van der Waals surface area contributed by atoms with E-state index in [-0.39, 0.29) is 5.91 Å². The maximum Gasteiger partial charge on any atom is 0.226 e. The second-order valence-electron chi connectivity index (χ2n) is 5.01. The molecule has 0 aliphatic rings. The Morgan fingerprint density at radius 2 is 2.16 bits per heavy atom. The van der Waals surface area contributed by atoms with Gasteiger partial charge in [-0.25, -0.2) is 0 Å². The van der Waals surface area contributed by atoms with Gasteiger partial charge in [-0.2, -0.15) is 4.98 Å². The van der Waals surface area contributed by atoms with Crippen molar-refractivity contribution >= 4 is 45.5 Å². The van der Waals surface area contributed by atoms with Crippen LogP contribution in [0, 0.1) is 0 Å². The topological polar surface area (TPSA) is 106 Å². The number of thioether (sulfide) groups is 1. The predicted octanol–water partition coefficient (Wildman–Crippen LogP) is 3.48. The molecule has 10 heteroatoms. The number of hydrogen-bond acceptors (Lipinski definition) is 9. The summed E-state index contributed by atoms with van der Waals surface area (Å²) < 4.78 is 5.88. The Morgan fingerprint density at radius 3 is 2.92 bits per heavy atom. The quantitative estimate of drug-likeness (QED) is 0.604. The van der Waals surface area contributed by atoms with E-state index in [1.807, 2.05) is 31.2 Å². The van der Waals surface area contributed by atoms with E-state index in [9.17, 15) is 4.79 Å². The van der Waals surface area contributed by atoms with E-state index in [0.29, 0.717) is 22.6 Å². The fourth-order valence-electron chi connectivity index (χ4n) is 1.94. The van der Waals surface area contributed by atoms with Gasteiger partial charge in [0.05, 0.1) is 5.75 Å². The first-order chi connectivity index (χ1) is 12.1. The minimum Gasteiger partial charge on any atom is -0.339 e. The molecule has 0 radical (unpaired) electrons. The number of carbonyl (C=O) groups is 1. The van der Waals surface area contributed by atoms with Crippen molar-refractivity contribution in [2.24, 2.45) is 0 Å². The number of hydrogen-bond donors (Lipinski definition) is 2. The van der Waals surface area contributed by atoms with Gasteiger partial charge in [-0.1, -0.05) is 41.2 Å². The number of nitrogens with zero attached hydrogens (tertiary/aromatic N) is 4. The van der Waals surface area contributed by atoms with E-state index in [2.05, 4.69) is 31.0 Å². The molecule has 1 aromatic carbocycles. The molecule has 25 heavy (non-hydrogen) atoms. The summed E-state index contributed by atoms with van der Waals surface area (Å²) in [6.07, 6.45) is 0.724. The predicted molar refractivity (Wildman–Crippen MR) is 97.2 cm³/mol. The van der Waals surface area contributed by atoms with Gasteiger partial charge in [-0.3, -0.25) is 4.79 Å². The first-order valence-corrected chi connectivity index (χ1v) is 9.35. The Hall–Kier alpha value is -2.46. The van der Waals surface area contributed by atoms with Crippen LogP contribution in [-0.4, -0.2) is 26.2 Å². The molecule has 2 N–H and O–H groups in total. The molecule has 0 unspecified atom stereocenters. The number of benzene rings is 1. The summed E-state index contributed by atoms with van der Waals surface area (Å²) in [5.41, 5.74) is 1.55. The van der Waals surface area contributed by atoms with Crippen LogP contribution in [0.15, 0.2) is 33.1 Å². The highest BCUT2D eigenvalue weighted by Gasteiger charge is 2.09. The zero-order valence-electron chi connectivity index (χ0n) is 13.6. The maximum absolute atomic E-state index is 11.1. The summed E-state index contributed by atoms with van der Waals surface area (Å²) in [6.45, 7) is 3.44. The van der Waals surface area contributed by atoms with Crippen molar-refractivity contribution in [2.75, 3.05) is 10.6 Å². The Kier molecular flexibility index (Phi) is 5.61. The molecule has 2 heterocycles. The Bertz CT molecular complexity index is 863. The van der Waals surface area contributed by atoms with Gasteiger partial charge in [0.1, 0.15) is 0 Å². The first-order valence-electron chi connectivity index (χ1n) is 7.55. The number of rotatable bonds is 7. The largest absolute Gasteiger partial charge is 0.339 e. The van der Waals surface area contributed by atoms with Gasteiger partial charge >= 0.3 is 0 Å². The van der Waals surface area contributed by atoms with Gasteiger partial charge in [-0.15, -0.1) is 10.2 Å². The molecule has 0 fully saturated rings. The molecule has 2 aromatic heterocycles. The first kappa shape index (κ1) is 17.4. The fraction of sp³-hybridized carbons (Fsp3) is 0.267. The molecule has 3 aromatic rings. The van der Waals surface area contributed by atoms with E-state index in [1.165, 1.54) is 30.0 Å². The lowest BCUT2D eigenvalue weighted by molar-refractivity contribution is -0.114. The summed E-state index contributed by atoms with van der Waals surface area (Å²) in [5.74, 6) is 1.75. The van der Waals surface area contributed by atoms with Crippen molar-refractivity contribution in [1.29, 1.82) is 0 Å². The van der Waals surface area contributed by atoms with Crippen molar-refractivity contribution < 1.29 is 9.32 Å². The highest BCUT2D eigenvalue weighted by Crippen LogP contribution is 2.29.